The number of ketones is 1. The van der Waals surface area contributed by atoms with E-state index in [1.807, 2.05) is 0 Å². The lowest BCUT2D eigenvalue weighted by Gasteiger charge is -2.08. The molecule has 0 amide bonds. The highest BCUT2D eigenvalue weighted by Crippen LogP contribution is 2.23. The molecule has 0 radical (unpaired) electrons. The molecular weight excluding hydrogens is 233 g/mol. The normalized spacial score (nSPS) is 11.6. The first-order chi connectivity index (χ1) is 7.83. The molecule has 0 atom stereocenters. The number of Topliss-reactive ketones (excluding diaryl/α,β-unsaturated/α-hetero) is 1. The first-order valence-electron chi connectivity index (χ1n) is 5.26. The first kappa shape index (κ1) is 13.6. The summed E-state index contributed by atoms with van der Waals surface area (Å²) in [6.45, 7) is 3.42. The minimum atomic E-state index is -4.31. The molecule has 0 aliphatic rings. The average molecular weight is 246 g/mol. The molecule has 1 rings (SSSR count). The van der Waals surface area contributed by atoms with E-state index in [0.29, 0.717) is 17.8 Å². The third-order valence-corrected chi connectivity index (χ3v) is 2.26. The zero-order valence-electron chi connectivity index (χ0n) is 9.64. The van der Waals surface area contributed by atoms with Gasteiger partial charge in [0.15, 0.2) is 5.78 Å². The van der Waals surface area contributed by atoms with E-state index in [0.717, 1.165) is 0 Å². The number of nitrogens with zero attached hydrogens (tertiary/aromatic N) is 2. The van der Waals surface area contributed by atoms with Gasteiger partial charge in [0, 0.05) is 12.0 Å². The molecule has 1 heterocycles. The van der Waals surface area contributed by atoms with Crippen molar-refractivity contribution >= 4 is 5.78 Å². The molecule has 17 heavy (non-hydrogen) atoms. The number of aryl methyl sites for hydroxylation is 2. The van der Waals surface area contributed by atoms with Crippen molar-refractivity contribution < 1.29 is 18.0 Å². The maximum Gasteiger partial charge on any atom is 0.389 e. The van der Waals surface area contributed by atoms with Crippen molar-refractivity contribution in [2.24, 2.45) is 0 Å². The Morgan fingerprint density at radius 3 is 2.53 bits per heavy atom. The quantitative estimate of drug-likeness (QED) is 0.767. The Morgan fingerprint density at radius 2 is 2.00 bits per heavy atom. The van der Waals surface area contributed by atoms with Gasteiger partial charge in [0.25, 0.3) is 0 Å². The SMILES string of the molecule is CCc1nnc(C)cc1C(=O)CCC(F)(F)F. The molecule has 0 saturated heterocycles. The van der Waals surface area contributed by atoms with E-state index in [4.69, 9.17) is 0 Å². The minimum Gasteiger partial charge on any atom is -0.294 e. The number of hydrogen-bond donors (Lipinski definition) is 0. The molecule has 3 nitrogen and oxygen atoms in total. The summed E-state index contributed by atoms with van der Waals surface area (Å²) < 4.78 is 36.0. The highest BCUT2D eigenvalue weighted by atomic mass is 19.4. The fourth-order valence-corrected chi connectivity index (χ4v) is 1.41. The van der Waals surface area contributed by atoms with Gasteiger partial charge < -0.3 is 0 Å². The number of aromatic nitrogens is 2. The molecule has 0 N–H and O–H groups in total. The van der Waals surface area contributed by atoms with E-state index in [1.54, 1.807) is 13.8 Å². The second-order valence-corrected chi connectivity index (χ2v) is 3.74. The molecule has 1 aromatic rings. The van der Waals surface area contributed by atoms with Crippen LogP contribution in [0.3, 0.4) is 0 Å². The molecule has 0 aliphatic carbocycles. The predicted octanol–water partition coefficient (Wildman–Crippen LogP) is 2.87. The van der Waals surface area contributed by atoms with Crippen molar-refractivity contribution in [3.05, 3.63) is 23.0 Å². The Kier molecular flexibility index (Phi) is 4.20. The maximum absolute atomic E-state index is 12.0. The van der Waals surface area contributed by atoms with E-state index in [2.05, 4.69) is 10.2 Å². The van der Waals surface area contributed by atoms with Crippen LogP contribution in [0.4, 0.5) is 13.2 Å². The Bertz CT molecular complexity index is 416. The summed E-state index contributed by atoms with van der Waals surface area (Å²) in [5.41, 5.74) is 1.23. The van der Waals surface area contributed by atoms with E-state index in [-0.39, 0.29) is 5.56 Å². The number of carbonyl (C=O) groups excluding carboxylic acids is 1. The number of rotatable bonds is 4. The van der Waals surface area contributed by atoms with Gasteiger partial charge in [-0.1, -0.05) is 6.92 Å². The number of carbonyl (C=O) groups is 1. The monoisotopic (exact) mass is 246 g/mol. The van der Waals surface area contributed by atoms with Crippen LogP contribution in [0.1, 0.15) is 41.5 Å². The summed E-state index contributed by atoms with van der Waals surface area (Å²) in [6.07, 6.45) is -5.48. The lowest BCUT2D eigenvalue weighted by Crippen LogP contribution is -2.13. The largest absolute Gasteiger partial charge is 0.389 e. The van der Waals surface area contributed by atoms with Crippen molar-refractivity contribution in [3.63, 3.8) is 0 Å². The zero-order valence-corrected chi connectivity index (χ0v) is 9.64. The van der Waals surface area contributed by atoms with Gasteiger partial charge in [-0.2, -0.15) is 23.4 Å². The van der Waals surface area contributed by atoms with Crippen LogP contribution in [0, 0.1) is 6.92 Å². The second-order valence-electron chi connectivity index (χ2n) is 3.74. The zero-order chi connectivity index (χ0) is 13.1. The Balaban J connectivity index is 2.84. The molecule has 0 saturated carbocycles. The molecule has 0 aliphatic heterocycles. The van der Waals surface area contributed by atoms with Crippen molar-refractivity contribution in [1.29, 1.82) is 0 Å². The molecule has 0 aromatic carbocycles. The lowest BCUT2D eigenvalue weighted by atomic mass is 10.0. The fraction of sp³-hybridized carbons (Fsp3) is 0.545. The summed E-state index contributed by atoms with van der Waals surface area (Å²) in [5.74, 6) is -0.530. The summed E-state index contributed by atoms with van der Waals surface area (Å²) in [6, 6.07) is 1.49. The van der Waals surface area contributed by atoms with Crippen LogP contribution in [0.2, 0.25) is 0 Å². The van der Waals surface area contributed by atoms with Gasteiger partial charge in [0.2, 0.25) is 0 Å². The molecule has 0 unspecified atom stereocenters. The molecule has 0 fully saturated rings. The topological polar surface area (TPSA) is 42.9 Å². The van der Waals surface area contributed by atoms with Gasteiger partial charge in [-0.25, -0.2) is 0 Å². The van der Waals surface area contributed by atoms with Gasteiger partial charge in [-0.15, -0.1) is 0 Å². The smallest absolute Gasteiger partial charge is 0.294 e. The van der Waals surface area contributed by atoms with Gasteiger partial charge in [0.05, 0.1) is 17.8 Å². The van der Waals surface area contributed by atoms with Gasteiger partial charge in [0.1, 0.15) is 0 Å². The van der Waals surface area contributed by atoms with E-state index >= 15 is 0 Å². The molecule has 94 valence electrons. The van der Waals surface area contributed by atoms with Crippen molar-refractivity contribution in [2.75, 3.05) is 0 Å². The minimum absolute atomic E-state index is 0.254. The second kappa shape index (κ2) is 5.25. The van der Waals surface area contributed by atoms with Crippen molar-refractivity contribution in [2.45, 2.75) is 39.3 Å². The van der Waals surface area contributed by atoms with Crippen LogP contribution in [0.15, 0.2) is 6.07 Å². The third kappa shape index (κ3) is 4.13. The summed E-state index contributed by atoms with van der Waals surface area (Å²) in [5, 5.41) is 7.59. The lowest BCUT2D eigenvalue weighted by molar-refractivity contribution is -0.133. The van der Waals surface area contributed by atoms with Crippen LogP contribution in [-0.4, -0.2) is 22.2 Å². The summed E-state index contributed by atoms with van der Waals surface area (Å²) >= 11 is 0. The standard InChI is InChI=1S/C11H13F3N2O/c1-3-9-8(6-7(2)15-16-9)10(17)4-5-11(12,13)14/h6H,3-5H2,1-2H3. The number of alkyl halides is 3. The first-order valence-corrected chi connectivity index (χ1v) is 5.26. The van der Waals surface area contributed by atoms with Crippen LogP contribution in [0.25, 0.3) is 0 Å². The summed E-state index contributed by atoms with van der Waals surface area (Å²) in [4.78, 5) is 11.7. The third-order valence-electron chi connectivity index (χ3n) is 2.26. The Labute approximate surface area is 97.1 Å². The van der Waals surface area contributed by atoms with E-state index in [9.17, 15) is 18.0 Å². The van der Waals surface area contributed by atoms with E-state index in [1.165, 1.54) is 6.07 Å². The van der Waals surface area contributed by atoms with Crippen LogP contribution in [-0.2, 0) is 6.42 Å². The Hall–Kier alpha value is -1.46. The van der Waals surface area contributed by atoms with Crippen LogP contribution >= 0.6 is 0 Å². The Morgan fingerprint density at radius 1 is 1.35 bits per heavy atom. The van der Waals surface area contributed by atoms with Crippen molar-refractivity contribution in [1.82, 2.24) is 10.2 Å². The average Bonchev–Trinajstić information content (AvgIpc) is 2.25. The van der Waals surface area contributed by atoms with Gasteiger partial charge in [-0.05, 0) is 19.4 Å². The fourth-order valence-electron chi connectivity index (χ4n) is 1.41. The van der Waals surface area contributed by atoms with Gasteiger partial charge >= 0.3 is 6.18 Å². The van der Waals surface area contributed by atoms with Gasteiger partial charge in [-0.3, -0.25) is 4.79 Å². The summed E-state index contributed by atoms with van der Waals surface area (Å²) in [7, 11) is 0. The number of halogens is 3. The molecular formula is C11H13F3N2O. The van der Waals surface area contributed by atoms with Crippen LogP contribution in [0.5, 0.6) is 0 Å². The van der Waals surface area contributed by atoms with E-state index < -0.39 is 24.8 Å². The van der Waals surface area contributed by atoms with Crippen LogP contribution < -0.4 is 0 Å². The predicted molar refractivity (Wildman–Crippen MR) is 55.8 cm³/mol. The molecule has 0 spiro atoms. The molecule has 6 heteroatoms. The molecule has 1 aromatic heterocycles. The maximum atomic E-state index is 12.0. The number of hydrogen-bond acceptors (Lipinski definition) is 3. The molecule has 0 bridgehead atoms. The highest BCUT2D eigenvalue weighted by Gasteiger charge is 2.28. The van der Waals surface area contributed by atoms with Crippen molar-refractivity contribution in [3.8, 4) is 0 Å². The highest BCUT2D eigenvalue weighted by molar-refractivity contribution is 5.97.